The molecule has 0 unspecified atom stereocenters. The SMILES string of the molecule is CCCCCCCCC(=O)OCCOCCOCCOCCOCCOCCOC(=O)C(=O)c1ccccc1. The number of hydrogen-bond acceptors (Lipinski definition) is 10. The number of ketones is 1. The Balaban J connectivity index is 1.74. The van der Waals surface area contributed by atoms with E-state index in [2.05, 4.69) is 6.92 Å². The summed E-state index contributed by atoms with van der Waals surface area (Å²) in [6.07, 6.45) is 7.36. The third-order valence-corrected chi connectivity index (χ3v) is 5.40. The minimum atomic E-state index is -0.897. The number of ether oxygens (including phenoxy) is 7. The molecule has 10 nitrogen and oxygen atoms in total. The number of rotatable bonds is 27. The van der Waals surface area contributed by atoms with Crippen molar-refractivity contribution in [2.75, 3.05) is 79.3 Å². The maximum absolute atomic E-state index is 11.9. The number of benzene rings is 1. The molecule has 0 aliphatic heterocycles. The Labute approximate surface area is 232 Å². The van der Waals surface area contributed by atoms with Crippen LogP contribution in [0.15, 0.2) is 30.3 Å². The van der Waals surface area contributed by atoms with Gasteiger partial charge in [-0.3, -0.25) is 9.59 Å². The normalized spacial score (nSPS) is 10.9. The Morgan fingerprint density at radius 2 is 0.974 bits per heavy atom. The summed E-state index contributed by atoms with van der Waals surface area (Å²) in [5, 5.41) is 0. The average Bonchev–Trinajstić information content (AvgIpc) is 2.96. The monoisotopic (exact) mass is 554 g/mol. The average molecular weight is 555 g/mol. The van der Waals surface area contributed by atoms with E-state index in [9.17, 15) is 14.4 Å². The van der Waals surface area contributed by atoms with E-state index in [0.29, 0.717) is 71.4 Å². The lowest BCUT2D eigenvalue weighted by atomic mass is 10.1. The van der Waals surface area contributed by atoms with Crippen LogP contribution in [0.25, 0.3) is 0 Å². The lowest BCUT2D eigenvalue weighted by Gasteiger charge is -2.08. The molecule has 0 heterocycles. The van der Waals surface area contributed by atoms with Crippen LogP contribution in [0.2, 0.25) is 0 Å². The lowest BCUT2D eigenvalue weighted by molar-refractivity contribution is -0.145. The third-order valence-electron chi connectivity index (χ3n) is 5.40. The number of carbonyl (C=O) groups excluding carboxylic acids is 3. The van der Waals surface area contributed by atoms with Gasteiger partial charge in [-0.1, -0.05) is 69.4 Å². The summed E-state index contributed by atoms with van der Waals surface area (Å²) in [4.78, 5) is 35.2. The molecule has 0 saturated carbocycles. The van der Waals surface area contributed by atoms with Crippen molar-refractivity contribution in [2.24, 2.45) is 0 Å². The fraction of sp³-hybridized carbons (Fsp3) is 0.690. The molecule has 10 heteroatoms. The summed E-state index contributed by atoms with van der Waals surface area (Å²) in [6.45, 7) is 6.34. The second kappa shape index (κ2) is 25.9. The van der Waals surface area contributed by atoms with Crippen LogP contribution in [-0.2, 0) is 42.7 Å². The van der Waals surface area contributed by atoms with Crippen LogP contribution in [0.1, 0.15) is 62.2 Å². The number of carbonyl (C=O) groups is 3. The number of hydrogen-bond donors (Lipinski definition) is 0. The van der Waals surface area contributed by atoms with Gasteiger partial charge in [-0.25, -0.2) is 4.79 Å². The lowest BCUT2D eigenvalue weighted by Crippen LogP contribution is -2.20. The Hall–Kier alpha value is -2.37. The number of esters is 2. The highest BCUT2D eigenvalue weighted by molar-refractivity contribution is 6.40. The van der Waals surface area contributed by atoms with E-state index in [0.717, 1.165) is 12.8 Å². The molecule has 39 heavy (non-hydrogen) atoms. The van der Waals surface area contributed by atoms with Gasteiger partial charge in [0.15, 0.2) is 0 Å². The van der Waals surface area contributed by atoms with E-state index in [1.165, 1.54) is 25.7 Å². The molecule has 1 aromatic carbocycles. The second-order valence-corrected chi connectivity index (χ2v) is 8.63. The molecule has 0 fully saturated rings. The summed E-state index contributed by atoms with van der Waals surface area (Å²) < 4.78 is 37.0. The predicted octanol–water partition coefficient (Wildman–Crippen LogP) is 3.79. The van der Waals surface area contributed by atoms with Crippen LogP contribution in [-0.4, -0.2) is 97.0 Å². The van der Waals surface area contributed by atoms with Crippen molar-refractivity contribution in [1.29, 1.82) is 0 Å². The van der Waals surface area contributed by atoms with Gasteiger partial charge in [0.05, 0.1) is 66.1 Å². The van der Waals surface area contributed by atoms with Crippen LogP contribution < -0.4 is 0 Å². The molecule has 0 aromatic heterocycles. The maximum atomic E-state index is 11.9. The van der Waals surface area contributed by atoms with E-state index in [4.69, 9.17) is 33.2 Å². The van der Waals surface area contributed by atoms with Gasteiger partial charge in [-0.2, -0.15) is 0 Å². The zero-order valence-corrected chi connectivity index (χ0v) is 23.4. The number of unbranched alkanes of at least 4 members (excludes halogenated alkanes) is 5. The molecule has 222 valence electrons. The summed E-state index contributed by atoms with van der Waals surface area (Å²) >= 11 is 0. The van der Waals surface area contributed by atoms with E-state index in [-0.39, 0.29) is 25.8 Å². The Morgan fingerprint density at radius 1 is 0.538 bits per heavy atom. The quantitative estimate of drug-likeness (QED) is 0.0688. The van der Waals surface area contributed by atoms with Gasteiger partial charge >= 0.3 is 11.9 Å². The molecule has 0 amide bonds. The smallest absolute Gasteiger partial charge is 0.379 e. The molecular weight excluding hydrogens is 508 g/mol. The molecule has 0 spiro atoms. The van der Waals surface area contributed by atoms with Crippen LogP contribution in [0.5, 0.6) is 0 Å². The first-order valence-corrected chi connectivity index (χ1v) is 14.0. The van der Waals surface area contributed by atoms with E-state index in [1.54, 1.807) is 30.3 Å². The molecule has 0 radical (unpaired) electrons. The Bertz CT molecular complexity index is 741. The molecule has 0 atom stereocenters. The van der Waals surface area contributed by atoms with E-state index < -0.39 is 11.8 Å². The van der Waals surface area contributed by atoms with E-state index in [1.807, 2.05) is 0 Å². The van der Waals surface area contributed by atoms with Gasteiger partial charge in [-0.15, -0.1) is 0 Å². The van der Waals surface area contributed by atoms with Crippen LogP contribution in [0.4, 0.5) is 0 Å². The molecule has 1 aromatic rings. The van der Waals surface area contributed by atoms with Crippen molar-refractivity contribution < 1.29 is 47.5 Å². The summed E-state index contributed by atoms with van der Waals surface area (Å²) in [5.41, 5.74) is 0.296. The van der Waals surface area contributed by atoms with Crippen molar-refractivity contribution in [1.82, 2.24) is 0 Å². The first kappa shape index (κ1) is 34.7. The van der Waals surface area contributed by atoms with Crippen molar-refractivity contribution in [3.8, 4) is 0 Å². The first-order chi connectivity index (χ1) is 19.1. The van der Waals surface area contributed by atoms with Crippen molar-refractivity contribution >= 4 is 17.7 Å². The highest BCUT2D eigenvalue weighted by atomic mass is 16.6. The van der Waals surface area contributed by atoms with Gasteiger partial charge in [-0.05, 0) is 6.42 Å². The largest absolute Gasteiger partial charge is 0.463 e. The zero-order chi connectivity index (χ0) is 28.2. The maximum Gasteiger partial charge on any atom is 0.379 e. The number of Topliss-reactive ketones (excluding diaryl/α,β-unsaturated/α-hetero) is 1. The highest BCUT2D eigenvalue weighted by Gasteiger charge is 2.17. The molecule has 1 rings (SSSR count). The van der Waals surface area contributed by atoms with Gasteiger partial charge in [0, 0.05) is 12.0 Å². The van der Waals surface area contributed by atoms with Crippen LogP contribution >= 0.6 is 0 Å². The molecule has 0 N–H and O–H groups in total. The Kier molecular flexibility index (Phi) is 23.0. The van der Waals surface area contributed by atoms with Gasteiger partial charge < -0.3 is 33.2 Å². The zero-order valence-electron chi connectivity index (χ0n) is 23.4. The fourth-order valence-corrected chi connectivity index (χ4v) is 3.28. The first-order valence-electron chi connectivity index (χ1n) is 14.0. The highest BCUT2D eigenvalue weighted by Crippen LogP contribution is 2.07. The Morgan fingerprint density at radius 3 is 1.49 bits per heavy atom. The standard InChI is InChI=1S/C29H46O10/c1-2-3-4-5-6-10-13-27(30)38-24-22-36-20-18-34-16-14-33-15-17-35-19-21-37-23-25-39-29(32)28(31)26-11-8-7-9-12-26/h7-9,11-12H,2-6,10,13-25H2,1H3. The van der Waals surface area contributed by atoms with Gasteiger partial charge in [0.1, 0.15) is 13.2 Å². The molecule has 0 aliphatic carbocycles. The van der Waals surface area contributed by atoms with Crippen LogP contribution in [0, 0.1) is 0 Å². The van der Waals surface area contributed by atoms with Crippen molar-refractivity contribution in [2.45, 2.75) is 51.9 Å². The van der Waals surface area contributed by atoms with Crippen molar-refractivity contribution in [3.05, 3.63) is 35.9 Å². The summed E-state index contributed by atoms with van der Waals surface area (Å²) in [5.74, 6) is -1.73. The molecule has 0 saturated heterocycles. The fourth-order valence-electron chi connectivity index (χ4n) is 3.28. The topological polar surface area (TPSA) is 116 Å². The molecular formula is C29H46O10. The molecule has 0 aliphatic rings. The van der Waals surface area contributed by atoms with Gasteiger partial charge in [0.25, 0.3) is 5.78 Å². The van der Waals surface area contributed by atoms with Crippen LogP contribution in [0.3, 0.4) is 0 Å². The van der Waals surface area contributed by atoms with E-state index >= 15 is 0 Å². The van der Waals surface area contributed by atoms with Crippen molar-refractivity contribution in [3.63, 3.8) is 0 Å². The molecule has 0 bridgehead atoms. The van der Waals surface area contributed by atoms with Gasteiger partial charge in [0.2, 0.25) is 0 Å². The minimum Gasteiger partial charge on any atom is -0.463 e. The third kappa shape index (κ3) is 21.2. The predicted molar refractivity (Wildman–Crippen MR) is 145 cm³/mol. The summed E-state index contributed by atoms with van der Waals surface area (Å²) in [7, 11) is 0. The summed E-state index contributed by atoms with van der Waals surface area (Å²) in [6, 6.07) is 8.25. The minimum absolute atomic E-state index is 0.00167. The second-order valence-electron chi connectivity index (χ2n) is 8.63.